The number of carbonyl (C=O) groups excluding carboxylic acids is 1. The van der Waals surface area contributed by atoms with Crippen LogP contribution in [-0.4, -0.2) is 30.1 Å². The standard InChI is InChI=1S/C32H28N2O5/c1-4-34(5-2)20-14-15-24-29(17-20)38-28-16-19(3)27(33-26-13-9-7-11-22(26)30(35)36)18-25(28)32(24)23-12-8-6-10-21(23)31(37)39-32/h6-18,33H,4-5H2,1-3H3,(H,35,36). The average Bonchev–Trinajstić information content (AvgIpc) is 3.23. The Bertz CT molecular complexity index is 1640. The lowest BCUT2D eigenvalue weighted by Crippen LogP contribution is -2.33. The summed E-state index contributed by atoms with van der Waals surface area (Å²) in [5.74, 6) is -0.209. The van der Waals surface area contributed by atoms with Gasteiger partial charge in [-0.05, 0) is 68.8 Å². The first-order valence-electron chi connectivity index (χ1n) is 13.0. The molecule has 2 aliphatic heterocycles. The monoisotopic (exact) mass is 520 g/mol. The Morgan fingerprint density at radius 2 is 1.59 bits per heavy atom. The number of benzene rings is 4. The second-order valence-electron chi connectivity index (χ2n) is 9.71. The lowest BCUT2D eigenvalue weighted by molar-refractivity contribution is 0.0224. The number of nitrogens with zero attached hydrogens (tertiary/aromatic N) is 1. The molecule has 0 radical (unpaired) electrons. The molecule has 6 rings (SSSR count). The molecule has 0 aliphatic carbocycles. The van der Waals surface area contributed by atoms with E-state index in [1.807, 2.05) is 55.5 Å². The van der Waals surface area contributed by atoms with Crippen molar-refractivity contribution in [2.24, 2.45) is 0 Å². The molecule has 0 bridgehead atoms. The highest BCUT2D eigenvalue weighted by Gasteiger charge is 2.53. The lowest BCUT2D eigenvalue weighted by atomic mass is 9.77. The van der Waals surface area contributed by atoms with Crippen molar-refractivity contribution < 1.29 is 24.2 Å². The summed E-state index contributed by atoms with van der Waals surface area (Å²) in [5.41, 5.74) is 4.64. The van der Waals surface area contributed by atoms with Crippen LogP contribution in [0.25, 0.3) is 0 Å². The summed E-state index contributed by atoms with van der Waals surface area (Å²) < 4.78 is 12.8. The van der Waals surface area contributed by atoms with Crippen LogP contribution in [-0.2, 0) is 10.3 Å². The van der Waals surface area contributed by atoms with Gasteiger partial charge in [-0.25, -0.2) is 9.59 Å². The van der Waals surface area contributed by atoms with E-state index in [9.17, 15) is 14.7 Å². The Kier molecular flexibility index (Phi) is 5.79. The Morgan fingerprint density at radius 3 is 2.36 bits per heavy atom. The molecule has 2 heterocycles. The number of rotatable bonds is 6. The number of carboxylic acid groups (broad SMARTS) is 1. The normalized spacial score (nSPS) is 16.5. The lowest BCUT2D eigenvalue weighted by Gasteiger charge is -2.37. The number of hydrogen-bond donors (Lipinski definition) is 2. The molecule has 4 aromatic carbocycles. The third-order valence-corrected chi connectivity index (χ3v) is 7.60. The van der Waals surface area contributed by atoms with Gasteiger partial charge >= 0.3 is 11.9 Å². The molecule has 1 unspecified atom stereocenters. The maximum Gasteiger partial charge on any atom is 0.340 e. The van der Waals surface area contributed by atoms with Gasteiger partial charge in [0.25, 0.3) is 0 Å². The zero-order chi connectivity index (χ0) is 27.3. The number of nitrogens with one attached hydrogen (secondary N) is 1. The van der Waals surface area contributed by atoms with E-state index < -0.39 is 17.5 Å². The molecule has 1 atom stereocenters. The van der Waals surface area contributed by atoms with Gasteiger partial charge in [-0.3, -0.25) is 0 Å². The van der Waals surface area contributed by atoms with Crippen molar-refractivity contribution >= 4 is 29.0 Å². The van der Waals surface area contributed by atoms with Gasteiger partial charge in [0, 0.05) is 47.2 Å². The fraction of sp³-hybridized carbons (Fsp3) is 0.188. The summed E-state index contributed by atoms with van der Waals surface area (Å²) in [7, 11) is 0. The predicted molar refractivity (Wildman–Crippen MR) is 150 cm³/mol. The van der Waals surface area contributed by atoms with E-state index in [1.54, 1.807) is 30.3 Å². The molecule has 4 aromatic rings. The smallest absolute Gasteiger partial charge is 0.340 e. The van der Waals surface area contributed by atoms with Gasteiger partial charge in [-0.1, -0.05) is 30.3 Å². The summed E-state index contributed by atoms with van der Waals surface area (Å²) >= 11 is 0. The third-order valence-electron chi connectivity index (χ3n) is 7.60. The molecule has 39 heavy (non-hydrogen) atoms. The van der Waals surface area contributed by atoms with Gasteiger partial charge in [-0.15, -0.1) is 0 Å². The Labute approximate surface area is 226 Å². The minimum Gasteiger partial charge on any atom is -0.478 e. The molecule has 0 amide bonds. The van der Waals surface area contributed by atoms with Gasteiger partial charge in [-0.2, -0.15) is 0 Å². The first-order valence-corrected chi connectivity index (χ1v) is 13.0. The largest absolute Gasteiger partial charge is 0.478 e. The van der Waals surface area contributed by atoms with Crippen LogP contribution in [0.5, 0.6) is 11.5 Å². The highest BCUT2D eigenvalue weighted by Crippen LogP contribution is 2.57. The van der Waals surface area contributed by atoms with Crippen LogP contribution >= 0.6 is 0 Å². The number of carbonyl (C=O) groups is 2. The summed E-state index contributed by atoms with van der Waals surface area (Å²) in [6.45, 7) is 7.84. The number of carboxylic acids is 1. The van der Waals surface area contributed by atoms with E-state index in [0.29, 0.717) is 34.0 Å². The van der Waals surface area contributed by atoms with Crippen LogP contribution in [0.15, 0.2) is 78.9 Å². The van der Waals surface area contributed by atoms with Crippen LogP contribution in [0.4, 0.5) is 17.1 Å². The van der Waals surface area contributed by atoms with Crippen LogP contribution in [0.3, 0.4) is 0 Å². The zero-order valence-corrected chi connectivity index (χ0v) is 21.9. The molecule has 2 aliphatic rings. The van der Waals surface area contributed by atoms with Crippen LogP contribution in [0.2, 0.25) is 0 Å². The number of hydrogen-bond acceptors (Lipinski definition) is 6. The zero-order valence-electron chi connectivity index (χ0n) is 21.9. The van der Waals surface area contributed by atoms with Gasteiger partial charge < -0.3 is 24.8 Å². The first kappa shape index (κ1) is 24.6. The van der Waals surface area contributed by atoms with Crippen molar-refractivity contribution in [2.45, 2.75) is 26.4 Å². The maximum atomic E-state index is 13.2. The number of fused-ring (bicyclic) bond motifs is 6. The molecule has 7 nitrogen and oxygen atoms in total. The second kappa shape index (κ2) is 9.20. The number of ether oxygens (including phenoxy) is 2. The van der Waals surface area contributed by atoms with Crippen LogP contribution < -0.4 is 15.0 Å². The Balaban J connectivity index is 1.57. The summed E-state index contributed by atoms with van der Waals surface area (Å²) in [6.07, 6.45) is 0. The number of anilines is 3. The van der Waals surface area contributed by atoms with Crippen molar-refractivity contribution in [1.82, 2.24) is 0 Å². The van der Waals surface area contributed by atoms with Crippen LogP contribution in [0, 0.1) is 6.92 Å². The molecule has 0 aromatic heterocycles. The van der Waals surface area contributed by atoms with E-state index in [0.717, 1.165) is 35.5 Å². The highest BCUT2D eigenvalue weighted by molar-refractivity contribution is 5.98. The quantitative estimate of drug-likeness (QED) is 0.269. The van der Waals surface area contributed by atoms with Gasteiger partial charge in [0.2, 0.25) is 0 Å². The topological polar surface area (TPSA) is 88.1 Å². The SMILES string of the molecule is CCN(CC)c1ccc2c(c1)Oc1cc(C)c(Nc3ccccc3C(=O)O)cc1C21OC(=O)c2ccccc21. The third kappa shape index (κ3) is 3.73. The molecule has 0 fully saturated rings. The minimum absolute atomic E-state index is 0.160. The van der Waals surface area contributed by atoms with Crippen LogP contribution in [0.1, 0.15) is 56.8 Å². The van der Waals surface area contributed by atoms with Gasteiger partial charge in [0.1, 0.15) is 11.5 Å². The van der Waals surface area contributed by atoms with E-state index >= 15 is 0 Å². The first-order chi connectivity index (χ1) is 18.9. The fourth-order valence-electron chi connectivity index (χ4n) is 5.65. The highest BCUT2D eigenvalue weighted by atomic mass is 16.6. The Hall–Kier alpha value is -4.78. The average molecular weight is 521 g/mol. The van der Waals surface area contributed by atoms with Gasteiger partial charge in [0.05, 0.1) is 16.8 Å². The molecule has 1 spiro atoms. The summed E-state index contributed by atoms with van der Waals surface area (Å²) in [5, 5.41) is 13.0. The van der Waals surface area contributed by atoms with Crippen molar-refractivity contribution in [1.29, 1.82) is 0 Å². The van der Waals surface area contributed by atoms with E-state index in [2.05, 4.69) is 24.1 Å². The number of esters is 1. The number of para-hydroxylation sites is 1. The predicted octanol–water partition coefficient (Wildman–Crippen LogP) is 6.85. The van der Waals surface area contributed by atoms with Gasteiger partial charge in [0.15, 0.2) is 5.60 Å². The molecular weight excluding hydrogens is 492 g/mol. The van der Waals surface area contributed by atoms with E-state index in [-0.39, 0.29) is 5.56 Å². The Morgan fingerprint density at radius 1 is 0.872 bits per heavy atom. The number of aromatic carboxylic acids is 1. The fourth-order valence-corrected chi connectivity index (χ4v) is 5.65. The summed E-state index contributed by atoms with van der Waals surface area (Å²) in [6, 6.07) is 24.0. The molecular formula is C32H28N2O5. The van der Waals surface area contributed by atoms with Crippen molar-refractivity contribution in [3.63, 3.8) is 0 Å². The van der Waals surface area contributed by atoms with Crippen molar-refractivity contribution in [3.8, 4) is 11.5 Å². The molecule has 7 heteroatoms. The minimum atomic E-state index is -1.21. The number of aryl methyl sites for hydroxylation is 1. The second-order valence-corrected chi connectivity index (χ2v) is 9.71. The molecule has 2 N–H and O–H groups in total. The summed E-state index contributed by atoms with van der Waals surface area (Å²) in [4.78, 5) is 27.3. The van der Waals surface area contributed by atoms with Crippen molar-refractivity contribution in [2.75, 3.05) is 23.3 Å². The molecule has 196 valence electrons. The maximum absolute atomic E-state index is 13.2. The van der Waals surface area contributed by atoms with Crippen molar-refractivity contribution in [3.05, 3.63) is 112 Å². The van der Waals surface area contributed by atoms with E-state index in [1.165, 1.54) is 0 Å². The van der Waals surface area contributed by atoms with E-state index in [4.69, 9.17) is 9.47 Å². The molecule has 0 saturated carbocycles. The molecule has 0 saturated heterocycles.